The summed E-state index contributed by atoms with van der Waals surface area (Å²) in [7, 11) is 0. The van der Waals surface area contributed by atoms with Crippen LogP contribution >= 0.6 is 22.9 Å². The molecule has 0 aliphatic heterocycles. The zero-order valence-corrected chi connectivity index (χ0v) is 12.5. The Kier molecular flexibility index (Phi) is 5.28. The van der Waals surface area contributed by atoms with E-state index in [9.17, 15) is 0 Å². The molecule has 0 bridgehead atoms. The maximum absolute atomic E-state index is 4.22. The third kappa shape index (κ3) is 3.37. The maximum atomic E-state index is 4.22. The van der Waals surface area contributed by atoms with Crippen LogP contribution in [0.2, 0.25) is 0 Å². The van der Waals surface area contributed by atoms with Crippen LogP contribution in [0.5, 0.6) is 0 Å². The second-order valence-corrected chi connectivity index (χ2v) is 5.85. The molecule has 2 aromatic rings. The molecule has 98 valence electrons. The van der Waals surface area contributed by atoms with Gasteiger partial charge in [0.2, 0.25) is 0 Å². The van der Waals surface area contributed by atoms with Gasteiger partial charge in [-0.15, -0.1) is 5.10 Å². The molecule has 1 N–H and O–H groups in total. The summed E-state index contributed by atoms with van der Waals surface area (Å²) in [6.07, 6.45) is 3.13. The minimum Gasteiger partial charge on any atom is -0.309 e. The summed E-state index contributed by atoms with van der Waals surface area (Å²) < 4.78 is 4.11. The van der Waals surface area contributed by atoms with Gasteiger partial charge in [-0.1, -0.05) is 18.3 Å². The number of nitrogens with zero attached hydrogens (tertiary/aromatic N) is 2. The zero-order chi connectivity index (χ0) is 12.8. The first-order valence-corrected chi connectivity index (χ1v) is 8.12. The lowest BCUT2D eigenvalue weighted by Gasteiger charge is -2.17. The lowest BCUT2D eigenvalue weighted by molar-refractivity contribution is 0.533. The highest BCUT2D eigenvalue weighted by Gasteiger charge is 2.18. The van der Waals surface area contributed by atoms with Crippen LogP contribution in [0.15, 0.2) is 16.8 Å². The molecule has 0 saturated heterocycles. The van der Waals surface area contributed by atoms with E-state index in [2.05, 4.69) is 45.6 Å². The molecule has 1 atom stereocenters. The summed E-state index contributed by atoms with van der Waals surface area (Å²) in [5, 5.41) is 12.2. The first-order chi connectivity index (χ1) is 8.85. The molecule has 0 aromatic carbocycles. The van der Waals surface area contributed by atoms with Gasteiger partial charge in [0.05, 0.1) is 10.6 Å². The summed E-state index contributed by atoms with van der Waals surface area (Å²) in [5.41, 5.74) is 2.54. The van der Waals surface area contributed by atoms with Crippen molar-refractivity contribution in [3.05, 3.63) is 33.0 Å². The van der Waals surface area contributed by atoms with Crippen molar-refractivity contribution in [3.8, 4) is 0 Å². The molecule has 2 aromatic heterocycles. The molecule has 0 fully saturated rings. The van der Waals surface area contributed by atoms with Gasteiger partial charge >= 0.3 is 0 Å². The molecule has 2 heterocycles. The predicted molar refractivity (Wildman–Crippen MR) is 78.3 cm³/mol. The highest BCUT2D eigenvalue weighted by Crippen LogP contribution is 2.25. The Morgan fingerprint density at radius 2 is 2.28 bits per heavy atom. The van der Waals surface area contributed by atoms with Crippen LogP contribution in [0, 0.1) is 0 Å². The second kappa shape index (κ2) is 6.97. The fraction of sp³-hybridized carbons (Fsp3) is 0.538. The van der Waals surface area contributed by atoms with Gasteiger partial charge in [0.1, 0.15) is 0 Å². The average Bonchev–Trinajstić information content (AvgIpc) is 3.04. The Bertz CT molecular complexity index is 451. The van der Waals surface area contributed by atoms with Gasteiger partial charge in [0.15, 0.2) is 0 Å². The molecule has 5 heteroatoms. The molecule has 0 saturated carbocycles. The first kappa shape index (κ1) is 13.6. The van der Waals surface area contributed by atoms with Crippen molar-refractivity contribution in [1.82, 2.24) is 14.9 Å². The molecule has 0 spiro atoms. The number of hydrogen-bond acceptors (Lipinski definition) is 5. The number of thiophene rings is 1. The van der Waals surface area contributed by atoms with Crippen LogP contribution in [-0.4, -0.2) is 16.1 Å². The Labute approximate surface area is 116 Å². The highest BCUT2D eigenvalue weighted by atomic mass is 32.1. The number of aryl methyl sites for hydroxylation is 1. The van der Waals surface area contributed by atoms with E-state index in [1.165, 1.54) is 22.0 Å². The van der Waals surface area contributed by atoms with Crippen LogP contribution < -0.4 is 5.32 Å². The van der Waals surface area contributed by atoms with E-state index in [1.807, 2.05) is 0 Å². The second-order valence-electron chi connectivity index (χ2n) is 4.28. The normalized spacial score (nSPS) is 12.8. The van der Waals surface area contributed by atoms with Crippen molar-refractivity contribution < 1.29 is 0 Å². The lowest BCUT2D eigenvalue weighted by atomic mass is 10.1. The smallest absolute Gasteiger partial charge is 0.0801 e. The number of aromatic nitrogens is 2. The summed E-state index contributed by atoms with van der Waals surface area (Å²) >= 11 is 3.29. The Hall–Kier alpha value is -0.780. The Balaban J connectivity index is 2.14. The Morgan fingerprint density at radius 1 is 1.39 bits per heavy atom. The molecule has 0 aliphatic carbocycles. The predicted octanol–water partition coefficient (Wildman–Crippen LogP) is 3.45. The Morgan fingerprint density at radius 3 is 2.94 bits per heavy atom. The SMILES string of the molecule is CCCNC(Cc1ccsc1)c1snnc1CC. The topological polar surface area (TPSA) is 37.8 Å². The molecule has 0 aliphatic rings. The van der Waals surface area contributed by atoms with E-state index in [0.29, 0.717) is 6.04 Å². The van der Waals surface area contributed by atoms with Crippen LogP contribution in [0.1, 0.15) is 42.4 Å². The molecular weight excluding hydrogens is 262 g/mol. The van der Waals surface area contributed by atoms with E-state index in [4.69, 9.17) is 0 Å². The van der Waals surface area contributed by atoms with Crippen molar-refractivity contribution in [2.75, 3.05) is 6.54 Å². The van der Waals surface area contributed by atoms with Crippen molar-refractivity contribution in [2.45, 2.75) is 39.2 Å². The van der Waals surface area contributed by atoms with E-state index in [1.54, 1.807) is 11.3 Å². The lowest BCUT2D eigenvalue weighted by Crippen LogP contribution is -2.24. The number of nitrogens with one attached hydrogen (secondary N) is 1. The van der Waals surface area contributed by atoms with E-state index in [-0.39, 0.29) is 0 Å². The van der Waals surface area contributed by atoms with Crippen molar-refractivity contribution in [2.24, 2.45) is 0 Å². The highest BCUT2D eigenvalue weighted by molar-refractivity contribution is 7.08. The van der Waals surface area contributed by atoms with Crippen LogP contribution in [0.25, 0.3) is 0 Å². The number of hydrogen-bond donors (Lipinski definition) is 1. The largest absolute Gasteiger partial charge is 0.309 e. The van der Waals surface area contributed by atoms with E-state index < -0.39 is 0 Å². The number of rotatable bonds is 7. The van der Waals surface area contributed by atoms with Crippen LogP contribution in [0.3, 0.4) is 0 Å². The van der Waals surface area contributed by atoms with Gasteiger partial charge < -0.3 is 5.32 Å². The third-order valence-electron chi connectivity index (χ3n) is 2.90. The minimum atomic E-state index is 0.356. The molecule has 18 heavy (non-hydrogen) atoms. The fourth-order valence-electron chi connectivity index (χ4n) is 1.95. The molecule has 1 unspecified atom stereocenters. The standard InChI is InChI=1S/C13H19N3S2/c1-3-6-14-12(8-10-5-7-17-9-10)13-11(4-2)15-16-18-13/h5,7,9,12,14H,3-4,6,8H2,1-2H3. The maximum Gasteiger partial charge on any atom is 0.0801 e. The monoisotopic (exact) mass is 281 g/mol. The van der Waals surface area contributed by atoms with Gasteiger partial charge in [0.25, 0.3) is 0 Å². The van der Waals surface area contributed by atoms with Gasteiger partial charge in [-0.25, -0.2) is 0 Å². The van der Waals surface area contributed by atoms with E-state index >= 15 is 0 Å². The average molecular weight is 281 g/mol. The summed E-state index contributed by atoms with van der Waals surface area (Å²) in [6.45, 7) is 5.37. The van der Waals surface area contributed by atoms with Gasteiger partial charge in [0, 0.05) is 6.04 Å². The molecular formula is C13H19N3S2. The summed E-state index contributed by atoms with van der Waals surface area (Å²) in [6, 6.07) is 2.56. The third-order valence-corrected chi connectivity index (χ3v) is 4.51. The minimum absolute atomic E-state index is 0.356. The van der Waals surface area contributed by atoms with Gasteiger partial charge in [-0.2, -0.15) is 11.3 Å². The molecule has 3 nitrogen and oxygen atoms in total. The zero-order valence-electron chi connectivity index (χ0n) is 10.8. The summed E-state index contributed by atoms with van der Waals surface area (Å²) in [5.74, 6) is 0. The van der Waals surface area contributed by atoms with Crippen molar-refractivity contribution in [1.29, 1.82) is 0 Å². The van der Waals surface area contributed by atoms with Crippen LogP contribution in [-0.2, 0) is 12.8 Å². The first-order valence-electron chi connectivity index (χ1n) is 6.40. The van der Waals surface area contributed by atoms with E-state index in [0.717, 1.165) is 31.5 Å². The van der Waals surface area contributed by atoms with Gasteiger partial charge in [-0.05, 0) is 59.7 Å². The molecule has 0 radical (unpaired) electrons. The molecule has 2 rings (SSSR count). The summed E-state index contributed by atoms with van der Waals surface area (Å²) in [4.78, 5) is 1.30. The van der Waals surface area contributed by atoms with Crippen molar-refractivity contribution >= 4 is 22.9 Å². The van der Waals surface area contributed by atoms with Gasteiger partial charge in [-0.3, -0.25) is 0 Å². The van der Waals surface area contributed by atoms with Crippen molar-refractivity contribution in [3.63, 3.8) is 0 Å². The quantitative estimate of drug-likeness (QED) is 0.844. The van der Waals surface area contributed by atoms with Crippen LogP contribution in [0.4, 0.5) is 0 Å². The fourth-order valence-corrected chi connectivity index (χ4v) is 3.44. The molecule has 0 amide bonds.